The average molecular weight is 273 g/mol. The Morgan fingerprint density at radius 2 is 2.20 bits per heavy atom. The highest BCUT2D eigenvalue weighted by molar-refractivity contribution is 5.99. The highest BCUT2D eigenvalue weighted by Gasteiger charge is 2.06. The summed E-state index contributed by atoms with van der Waals surface area (Å²) in [5.41, 5.74) is 6.63. The molecule has 6 heteroatoms. The summed E-state index contributed by atoms with van der Waals surface area (Å²) in [6.07, 6.45) is 2.44. The lowest BCUT2D eigenvalue weighted by Crippen LogP contribution is -2.15. The molecule has 0 bridgehead atoms. The number of amidine groups is 1. The van der Waals surface area contributed by atoms with Crippen LogP contribution in [-0.2, 0) is 11.2 Å². The van der Waals surface area contributed by atoms with Gasteiger partial charge in [0.2, 0.25) is 5.91 Å². The lowest BCUT2D eigenvalue weighted by atomic mass is 10.2. The minimum Gasteiger partial charge on any atom is -0.469 e. The number of anilines is 1. The normalized spacial score (nSPS) is 11.3. The number of carbonyl (C=O) groups is 1. The van der Waals surface area contributed by atoms with E-state index in [1.165, 1.54) is 0 Å². The van der Waals surface area contributed by atoms with Gasteiger partial charge in [0.05, 0.1) is 6.26 Å². The third kappa shape index (κ3) is 3.61. The molecule has 1 aromatic heterocycles. The summed E-state index contributed by atoms with van der Waals surface area (Å²) in [5, 5.41) is 14.3. The highest BCUT2D eigenvalue weighted by atomic mass is 16.4. The Bertz CT molecular complexity index is 606. The summed E-state index contributed by atoms with van der Waals surface area (Å²) < 4.78 is 5.16. The summed E-state index contributed by atoms with van der Waals surface area (Å²) in [6, 6.07) is 10.4. The van der Waals surface area contributed by atoms with Crippen LogP contribution in [0.25, 0.3) is 0 Å². The summed E-state index contributed by atoms with van der Waals surface area (Å²) in [4.78, 5) is 11.8. The number of aryl methyl sites for hydroxylation is 1. The summed E-state index contributed by atoms with van der Waals surface area (Å²) in [6.45, 7) is 0. The van der Waals surface area contributed by atoms with Crippen molar-refractivity contribution in [1.82, 2.24) is 0 Å². The predicted octanol–water partition coefficient (Wildman–Crippen LogP) is 1.95. The van der Waals surface area contributed by atoms with Crippen LogP contribution in [0, 0.1) is 0 Å². The molecular weight excluding hydrogens is 258 g/mol. The van der Waals surface area contributed by atoms with E-state index in [0.29, 0.717) is 24.1 Å². The SMILES string of the molecule is N/C(=N/O)c1cccc(NC(=O)CCc2ccco2)c1. The zero-order valence-electron chi connectivity index (χ0n) is 10.7. The third-order valence-electron chi connectivity index (χ3n) is 2.73. The maximum absolute atomic E-state index is 11.8. The van der Waals surface area contributed by atoms with Crippen molar-refractivity contribution in [2.75, 3.05) is 5.32 Å². The number of hydrogen-bond acceptors (Lipinski definition) is 4. The fourth-order valence-electron chi connectivity index (χ4n) is 1.73. The molecule has 0 spiro atoms. The number of nitrogens with zero attached hydrogens (tertiary/aromatic N) is 1. The Morgan fingerprint density at radius 1 is 1.35 bits per heavy atom. The predicted molar refractivity (Wildman–Crippen MR) is 74.6 cm³/mol. The number of carbonyl (C=O) groups excluding carboxylic acids is 1. The van der Waals surface area contributed by atoms with Crippen LogP contribution in [0.15, 0.2) is 52.2 Å². The smallest absolute Gasteiger partial charge is 0.224 e. The highest BCUT2D eigenvalue weighted by Crippen LogP contribution is 2.12. The first-order valence-corrected chi connectivity index (χ1v) is 6.09. The van der Waals surface area contributed by atoms with Crippen LogP contribution in [0.3, 0.4) is 0 Å². The number of nitrogens with two attached hydrogens (primary N) is 1. The molecule has 0 aliphatic carbocycles. The molecule has 20 heavy (non-hydrogen) atoms. The van der Waals surface area contributed by atoms with Gasteiger partial charge in [0.15, 0.2) is 5.84 Å². The van der Waals surface area contributed by atoms with Gasteiger partial charge < -0.3 is 20.7 Å². The van der Waals surface area contributed by atoms with Gasteiger partial charge in [-0.2, -0.15) is 0 Å². The maximum Gasteiger partial charge on any atom is 0.224 e. The van der Waals surface area contributed by atoms with Gasteiger partial charge >= 0.3 is 0 Å². The Kier molecular flexibility index (Phi) is 4.39. The number of oxime groups is 1. The second kappa shape index (κ2) is 6.42. The first-order chi connectivity index (χ1) is 9.69. The molecule has 0 unspecified atom stereocenters. The first-order valence-electron chi connectivity index (χ1n) is 6.09. The number of furan rings is 1. The Hall–Kier alpha value is -2.76. The zero-order chi connectivity index (χ0) is 14.4. The fraction of sp³-hybridized carbons (Fsp3) is 0.143. The van der Waals surface area contributed by atoms with E-state index in [0.717, 1.165) is 5.76 Å². The van der Waals surface area contributed by atoms with Gasteiger partial charge in [0, 0.05) is 24.1 Å². The van der Waals surface area contributed by atoms with Gasteiger partial charge in [-0.25, -0.2) is 0 Å². The number of hydrogen-bond donors (Lipinski definition) is 3. The lowest BCUT2D eigenvalue weighted by Gasteiger charge is -2.06. The second-order valence-corrected chi connectivity index (χ2v) is 4.19. The minimum atomic E-state index is -0.127. The van der Waals surface area contributed by atoms with Crippen molar-refractivity contribution in [2.45, 2.75) is 12.8 Å². The average Bonchev–Trinajstić information content (AvgIpc) is 2.98. The van der Waals surface area contributed by atoms with E-state index in [-0.39, 0.29) is 11.7 Å². The molecule has 0 aliphatic rings. The van der Waals surface area contributed by atoms with Gasteiger partial charge in [-0.05, 0) is 24.3 Å². The van der Waals surface area contributed by atoms with Gasteiger partial charge in [-0.1, -0.05) is 17.3 Å². The van der Waals surface area contributed by atoms with E-state index in [1.807, 2.05) is 6.07 Å². The third-order valence-corrected chi connectivity index (χ3v) is 2.73. The van der Waals surface area contributed by atoms with Crippen LogP contribution >= 0.6 is 0 Å². The van der Waals surface area contributed by atoms with Crippen molar-refractivity contribution >= 4 is 17.4 Å². The minimum absolute atomic E-state index is 0.00307. The maximum atomic E-state index is 11.8. The molecule has 0 aliphatic heterocycles. The number of rotatable bonds is 5. The van der Waals surface area contributed by atoms with Crippen molar-refractivity contribution in [3.05, 3.63) is 54.0 Å². The van der Waals surface area contributed by atoms with E-state index in [9.17, 15) is 4.79 Å². The molecule has 0 atom stereocenters. The topological polar surface area (TPSA) is 101 Å². The van der Waals surface area contributed by atoms with Crippen molar-refractivity contribution in [2.24, 2.45) is 10.9 Å². The van der Waals surface area contributed by atoms with Crippen molar-refractivity contribution in [3.63, 3.8) is 0 Å². The fourth-order valence-corrected chi connectivity index (χ4v) is 1.73. The Balaban J connectivity index is 1.94. The molecule has 0 fully saturated rings. The van der Waals surface area contributed by atoms with E-state index < -0.39 is 0 Å². The molecule has 1 amide bonds. The Morgan fingerprint density at radius 3 is 2.90 bits per heavy atom. The van der Waals surface area contributed by atoms with Gasteiger partial charge in [0.1, 0.15) is 5.76 Å². The van der Waals surface area contributed by atoms with E-state index >= 15 is 0 Å². The Labute approximate surface area is 115 Å². The molecular formula is C14H15N3O3. The zero-order valence-corrected chi connectivity index (χ0v) is 10.7. The standard InChI is InChI=1S/C14H15N3O3/c15-14(17-19)10-3-1-4-11(9-10)16-13(18)7-6-12-5-2-8-20-12/h1-5,8-9,19H,6-7H2,(H2,15,17)(H,16,18). The lowest BCUT2D eigenvalue weighted by molar-refractivity contribution is -0.116. The van der Waals surface area contributed by atoms with E-state index in [2.05, 4.69) is 10.5 Å². The van der Waals surface area contributed by atoms with Gasteiger partial charge in [-0.15, -0.1) is 0 Å². The van der Waals surface area contributed by atoms with Crippen LogP contribution in [0.2, 0.25) is 0 Å². The molecule has 0 saturated carbocycles. The molecule has 1 heterocycles. The molecule has 0 saturated heterocycles. The number of amides is 1. The van der Waals surface area contributed by atoms with Crippen LogP contribution < -0.4 is 11.1 Å². The van der Waals surface area contributed by atoms with Crippen LogP contribution in [0.1, 0.15) is 17.7 Å². The number of benzene rings is 1. The molecule has 4 N–H and O–H groups in total. The van der Waals surface area contributed by atoms with Gasteiger partial charge in [0.25, 0.3) is 0 Å². The molecule has 2 rings (SSSR count). The quantitative estimate of drug-likeness (QED) is 0.335. The molecule has 1 aromatic carbocycles. The molecule has 2 aromatic rings. The van der Waals surface area contributed by atoms with Crippen molar-refractivity contribution in [3.8, 4) is 0 Å². The molecule has 104 valence electrons. The van der Waals surface area contributed by atoms with E-state index in [1.54, 1.807) is 36.6 Å². The molecule has 0 radical (unpaired) electrons. The molecule has 6 nitrogen and oxygen atoms in total. The summed E-state index contributed by atoms with van der Waals surface area (Å²) in [7, 11) is 0. The summed E-state index contributed by atoms with van der Waals surface area (Å²) in [5.74, 6) is 0.639. The van der Waals surface area contributed by atoms with Gasteiger partial charge in [-0.3, -0.25) is 4.79 Å². The number of nitrogens with one attached hydrogen (secondary N) is 1. The van der Waals surface area contributed by atoms with Crippen LogP contribution in [0.5, 0.6) is 0 Å². The van der Waals surface area contributed by atoms with E-state index in [4.69, 9.17) is 15.4 Å². The van der Waals surface area contributed by atoms with Crippen LogP contribution in [0.4, 0.5) is 5.69 Å². The monoisotopic (exact) mass is 273 g/mol. The van der Waals surface area contributed by atoms with Crippen LogP contribution in [-0.4, -0.2) is 17.0 Å². The first kappa shape index (κ1) is 13.7. The largest absolute Gasteiger partial charge is 0.469 e. The summed E-state index contributed by atoms with van der Waals surface area (Å²) >= 11 is 0. The second-order valence-electron chi connectivity index (χ2n) is 4.19. The van der Waals surface area contributed by atoms with Crippen molar-refractivity contribution in [1.29, 1.82) is 0 Å². The van der Waals surface area contributed by atoms with Crippen molar-refractivity contribution < 1.29 is 14.4 Å².